The number of ether oxygens (including phenoxy) is 1. The van der Waals surface area contributed by atoms with Crippen LogP contribution in [0.15, 0.2) is 41.2 Å². The molecule has 1 aromatic heterocycles. The molecule has 0 bridgehead atoms. The van der Waals surface area contributed by atoms with Crippen LogP contribution in [0.3, 0.4) is 0 Å². The number of nitrogens with one attached hydrogen (secondary N) is 2. The van der Waals surface area contributed by atoms with Crippen molar-refractivity contribution in [2.75, 3.05) is 46.4 Å². The van der Waals surface area contributed by atoms with Crippen LogP contribution in [0.1, 0.15) is 43.1 Å². The second kappa shape index (κ2) is 17.0. The molecule has 0 radical (unpaired) electrons. The Morgan fingerprint density at radius 1 is 1.08 bits per heavy atom. The van der Waals surface area contributed by atoms with E-state index >= 15 is 0 Å². The lowest BCUT2D eigenvalue weighted by Gasteiger charge is -2.23. The van der Waals surface area contributed by atoms with Gasteiger partial charge in [0.15, 0.2) is 0 Å². The summed E-state index contributed by atoms with van der Waals surface area (Å²) in [6.07, 6.45) is 2.31. The van der Waals surface area contributed by atoms with E-state index < -0.39 is 6.10 Å². The van der Waals surface area contributed by atoms with Crippen LogP contribution < -0.4 is 10.2 Å². The van der Waals surface area contributed by atoms with Crippen LogP contribution in [0.2, 0.25) is 0 Å². The minimum absolute atomic E-state index is 0. The van der Waals surface area contributed by atoms with Gasteiger partial charge in [-0.15, -0.1) is 24.8 Å². The average Bonchev–Trinajstić information content (AvgIpc) is 3.24. The summed E-state index contributed by atoms with van der Waals surface area (Å²) in [5, 5.41) is 23.9. The predicted molar refractivity (Wildman–Crippen MR) is 158 cm³/mol. The third-order valence-electron chi connectivity index (χ3n) is 6.22. The normalized spacial score (nSPS) is 12.1. The third kappa shape index (κ3) is 10.6. The summed E-state index contributed by atoms with van der Waals surface area (Å²) in [4.78, 5) is 16.6. The molecule has 3 aromatic rings. The molecule has 0 aliphatic heterocycles. The monoisotopic (exact) mass is 573 g/mol. The first-order chi connectivity index (χ1) is 16.9. The lowest BCUT2D eigenvalue weighted by Crippen LogP contribution is -2.31. The lowest BCUT2D eigenvalue weighted by atomic mass is 10.0. The Morgan fingerprint density at radius 3 is 2.51 bits per heavy atom. The maximum Gasteiger partial charge on any atom is 0.305 e. The molecule has 208 valence electrons. The van der Waals surface area contributed by atoms with Crippen LogP contribution >= 0.6 is 36.2 Å². The Morgan fingerprint density at radius 2 is 1.81 bits per heavy atom. The second-order valence-corrected chi connectivity index (χ2v) is 10.4. The number of hydrogen-bond acceptors (Lipinski definition) is 7. The van der Waals surface area contributed by atoms with Crippen molar-refractivity contribution >= 4 is 46.4 Å². The van der Waals surface area contributed by atoms with Crippen molar-refractivity contribution in [2.45, 2.75) is 39.2 Å². The summed E-state index contributed by atoms with van der Waals surface area (Å²) < 4.78 is 5.89. The van der Waals surface area contributed by atoms with E-state index in [1.807, 2.05) is 0 Å². The Labute approximate surface area is 236 Å². The van der Waals surface area contributed by atoms with Gasteiger partial charge in [-0.05, 0) is 55.5 Å². The molecule has 37 heavy (non-hydrogen) atoms. The van der Waals surface area contributed by atoms with Crippen LogP contribution in [-0.2, 0) is 17.6 Å². The van der Waals surface area contributed by atoms with Crippen molar-refractivity contribution < 1.29 is 14.9 Å². The number of phenolic OH excluding ortho intramolecular Hbond substituents is 1. The summed E-state index contributed by atoms with van der Waals surface area (Å²) in [7, 11) is 1.76. The number of fused-ring (bicyclic) bond motifs is 1. The van der Waals surface area contributed by atoms with Gasteiger partial charge in [-0.3, -0.25) is 4.79 Å². The molecular formula is C27H41Cl2N3O4S. The number of methoxy groups -OCH3 is 1. The molecular weight excluding hydrogens is 533 g/mol. The van der Waals surface area contributed by atoms with Gasteiger partial charge in [0.1, 0.15) is 11.3 Å². The summed E-state index contributed by atoms with van der Waals surface area (Å²) >= 11 is 1.00. The molecule has 1 heterocycles. The van der Waals surface area contributed by atoms with Crippen LogP contribution in [0, 0.1) is 5.92 Å². The fourth-order valence-electron chi connectivity index (χ4n) is 4.11. The average molecular weight is 575 g/mol. The number of nitrogens with zero attached hydrogens (tertiary/aromatic N) is 1. The van der Waals surface area contributed by atoms with Crippen LogP contribution in [0.5, 0.6) is 5.75 Å². The molecule has 4 N–H and O–H groups in total. The summed E-state index contributed by atoms with van der Waals surface area (Å²) in [6.45, 7) is 9.47. The first-order valence-corrected chi connectivity index (χ1v) is 13.2. The highest BCUT2D eigenvalue weighted by Crippen LogP contribution is 2.31. The summed E-state index contributed by atoms with van der Waals surface area (Å²) in [5.74, 6) is 0.714. The van der Waals surface area contributed by atoms with Gasteiger partial charge < -0.3 is 30.2 Å². The number of H-pyrrole nitrogens is 1. The first-order valence-electron chi connectivity index (χ1n) is 12.4. The predicted octanol–water partition coefficient (Wildman–Crippen LogP) is 4.54. The zero-order valence-electron chi connectivity index (χ0n) is 21.9. The minimum atomic E-state index is -0.764. The van der Waals surface area contributed by atoms with Gasteiger partial charge in [0.2, 0.25) is 0 Å². The molecule has 0 saturated carbocycles. The number of phenols is 1. The Hall–Kier alpha value is -1.65. The molecule has 0 saturated heterocycles. The molecule has 7 nitrogen and oxygen atoms in total. The van der Waals surface area contributed by atoms with Gasteiger partial charge in [0, 0.05) is 32.3 Å². The molecule has 1 atom stereocenters. The Bertz CT molecular complexity index is 1120. The topological polar surface area (TPSA) is 97.8 Å². The largest absolute Gasteiger partial charge is 0.506 e. The molecule has 3 rings (SSSR count). The van der Waals surface area contributed by atoms with Gasteiger partial charge in [0.05, 0.1) is 17.4 Å². The number of thiazole rings is 1. The van der Waals surface area contributed by atoms with Crippen molar-refractivity contribution in [1.82, 2.24) is 15.2 Å². The highest BCUT2D eigenvalue weighted by molar-refractivity contribution is 7.16. The van der Waals surface area contributed by atoms with Gasteiger partial charge >= 0.3 is 4.87 Å². The molecule has 10 heteroatoms. The van der Waals surface area contributed by atoms with Crippen LogP contribution in [0.4, 0.5) is 0 Å². The van der Waals surface area contributed by atoms with E-state index in [-0.39, 0.29) is 35.4 Å². The zero-order valence-corrected chi connectivity index (χ0v) is 24.3. The molecule has 0 unspecified atom stereocenters. The van der Waals surface area contributed by atoms with Crippen molar-refractivity contribution in [3.8, 4) is 5.75 Å². The first kappa shape index (κ1) is 33.4. The third-order valence-corrected chi connectivity index (χ3v) is 7.15. The van der Waals surface area contributed by atoms with E-state index in [0.29, 0.717) is 28.2 Å². The van der Waals surface area contributed by atoms with Crippen molar-refractivity contribution in [1.29, 1.82) is 0 Å². The maximum absolute atomic E-state index is 11.7. The van der Waals surface area contributed by atoms with Crippen molar-refractivity contribution in [3.63, 3.8) is 0 Å². The van der Waals surface area contributed by atoms with E-state index in [9.17, 15) is 15.0 Å². The number of halogens is 2. The number of aliphatic hydroxyl groups excluding tert-OH is 1. The van der Waals surface area contributed by atoms with E-state index in [1.165, 1.54) is 23.6 Å². The Balaban J connectivity index is 0.00000342. The molecule has 0 amide bonds. The van der Waals surface area contributed by atoms with Gasteiger partial charge in [-0.25, -0.2) is 0 Å². The molecule has 0 fully saturated rings. The van der Waals surface area contributed by atoms with E-state index in [0.717, 1.165) is 57.0 Å². The highest BCUT2D eigenvalue weighted by atomic mass is 35.5. The minimum Gasteiger partial charge on any atom is -0.506 e. The highest BCUT2D eigenvalue weighted by Gasteiger charge is 2.16. The number of hydrogen-bond donors (Lipinski definition) is 4. The smallest absolute Gasteiger partial charge is 0.305 e. The molecule has 0 spiro atoms. The van der Waals surface area contributed by atoms with E-state index in [4.69, 9.17) is 4.74 Å². The molecule has 0 aliphatic rings. The standard InChI is InChI=1S/C27H39N3O4S.2ClH/c1-19(2)10-13-30(15-16-34-3)14-11-21-6-4-5-20(17-21)9-12-28-18-24(32)22-7-8-23(31)25-26(22)35-27(33)29-25;;/h4-8,17,19,24,28,31-32H,9-16,18H2,1-3H3,(H,29,33);2*1H/t24-;;/m0../s1. The number of rotatable bonds is 15. The zero-order chi connectivity index (χ0) is 25.2. The fourth-order valence-corrected chi connectivity index (χ4v) is 5.03. The van der Waals surface area contributed by atoms with Crippen LogP contribution in [-0.4, -0.2) is 66.5 Å². The number of aromatic hydroxyl groups is 1. The SMILES string of the molecule is COCCN(CCc1cccc(CCNC[C@H](O)c2ccc(O)c3[nH]c(=O)sc23)c1)CCC(C)C.Cl.Cl. The fraction of sp³-hybridized carbons (Fsp3) is 0.519. The Kier molecular flexibility index (Phi) is 15.4. The van der Waals surface area contributed by atoms with Gasteiger partial charge in [-0.1, -0.05) is 55.5 Å². The van der Waals surface area contributed by atoms with E-state index in [1.54, 1.807) is 13.2 Å². The molecule has 0 aliphatic carbocycles. The van der Waals surface area contributed by atoms with Crippen molar-refractivity contribution in [3.05, 3.63) is 62.8 Å². The maximum atomic E-state index is 11.7. The van der Waals surface area contributed by atoms with Gasteiger partial charge in [0.25, 0.3) is 0 Å². The number of aromatic amines is 1. The van der Waals surface area contributed by atoms with Crippen molar-refractivity contribution in [2.24, 2.45) is 5.92 Å². The lowest BCUT2D eigenvalue weighted by molar-refractivity contribution is 0.145. The summed E-state index contributed by atoms with van der Waals surface area (Å²) in [6, 6.07) is 11.9. The quantitative estimate of drug-likeness (QED) is 0.199. The second-order valence-electron chi connectivity index (χ2n) is 9.45. The number of benzene rings is 2. The summed E-state index contributed by atoms with van der Waals surface area (Å²) in [5.41, 5.74) is 3.64. The van der Waals surface area contributed by atoms with E-state index in [2.05, 4.69) is 53.3 Å². The number of aliphatic hydroxyl groups is 1. The van der Waals surface area contributed by atoms with Gasteiger partial charge in [-0.2, -0.15) is 0 Å². The number of aromatic nitrogens is 1. The van der Waals surface area contributed by atoms with Crippen LogP contribution in [0.25, 0.3) is 10.2 Å². The molecule has 2 aromatic carbocycles.